The summed E-state index contributed by atoms with van der Waals surface area (Å²) in [6.45, 7) is 1.77. The molecule has 1 amide bonds. The van der Waals surface area contributed by atoms with Crippen molar-refractivity contribution in [1.29, 1.82) is 0 Å². The first kappa shape index (κ1) is 15.6. The Labute approximate surface area is 129 Å². The van der Waals surface area contributed by atoms with Crippen LogP contribution in [0, 0.1) is 0 Å². The molecule has 0 heterocycles. The lowest BCUT2D eigenvalue weighted by atomic mass is 10.2. The first-order valence-electron chi connectivity index (χ1n) is 6.93. The molecule has 0 fully saturated rings. The molecule has 0 aromatic heterocycles. The molecule has 0 saturated heterocycles. The molecule has 2 rings (SSSR count). The van der Waals surface area contributed by atoms with Gasteiger partial charge < -0.3 is 15.8 Å². The van der Waals surface area contributed by atoms with Gasteiger partial charge in [-0.15, -0.1) is 0 Å². The Bertz CT molecular complexity index is 639. The predicted octanol–water partition coefficient (Wildman–Crippen LogP) is 2.13. The van der Waals surface area contributed by atoms with Crippen molar-refractivity contribution in [3.05, 3.63) is 65.7 Å². The van der Waals surface area contributed by atoms with Crippen molar-refractivity contribution < 1.29 is 14.3 Å². The maximum absolute atomic E-state index is 12.0. The lowest BCUT2D eigenvalue weighted by Crippen LogP contribution is -2.39. The number of ether oxygens (including phenoxy) is 1. The molecule has 0 radical (unpaired) electrons. The summed E-state index contributed by atoms with van der Waals surface area (Å²) < 4.78 is 5.17. The standard InChI is InChI=1S/C17H18N2O3/c1-12(17(21)22-11-13-5-3-2-4-6-13)19-16(20)14-7-9-15(18)10-8-14/h2-10,12H,11,18H2,1H3,(H,19,20). The van der Waals surface area contributed by atoms with E-state index in [0.29, 0.717) is 11.3 Å². The second-order valence-electron chi connectivity index (χ2n) is 4.91. The number of rotatable bonds is 5. The van der Waals surface area contributed by atoms with Crippen LogP contribution in [-0.4, -0.2) is 17.9 Å². The molecule has 2 aromatic carbocycles. The van der Waals surface area contributed by atoms with Gasteiger partial charge in [0.05, 0.1) is 0 Å². The van der Waals surface area contributed by atoms with Crippen LogP contribution < -0.4 is 11.1 Å². The molecule has 114 valence electrons. The average molecular weight is 298 g/mol. The molecule has 3 N–H and O–H groups in total. The molecule has 22 heavy (non-hydrogen) atoms. The minimum absolute atomic E-state index is 0.182. The van der Waals surface area contributed by atoms with Crippen molar-refractivity contribution in [1.82, 2.24) is 5.32 Å². The molecule has 0 spiro atoms. The Morgan fingerprint density at radius 1 is 1.09 bits per heavy atom. The Balaban J connectivity index is 1.85. The number of esters is 1. The Hall–Kier alpha value is -2.82. The molecule has 0 aliphatic heterocycles. The third-order valence-corrected chi connectivity index (χ3v) is 3.10. The van der Waals surface area contributed by atoms with E-state index < -0.39 is 12.0 Å². The van der Waals surface area contributed by atoms with Gasteiger partial charge in [0.25, 0.3) is 5.91 Å². The van der Waals surface area contributed by atoms with Crippen molar-refractivity contribution in [3.8, 4) is 0 Å². The Kier molecular flexibility index (Phi) is 5.14. The van der Waals surface area contributed by atoms with Gasteiger partial charge in [0.15, 0.2) is 0 Å². The topological polar surface area (TPSA) is 81.4 Å². The van der Waals surface area contributed by atoms with Crippen LogP contribution in [0.15, 0.2) is 54.6 Å². The van der Waals surface area contributed by atoms with Gasteiger partial charge in [0.2, 0.25) is 0 Å². The van der Waals surface area contributed by atoms with E-state index in [9.17, 15) is 9.59 Å². The van der Waals surface area contributed by atoms with Gasteiger partial charge in [-0.2, -0.15) is 0 Å². The number of carbonyl (C=O) groups is 2. The second kappa shape index (κ2) is 7.26. The van der Waals surface area contributed by atoms with Gasteiger partial charge in [0, 0.05) is 11.3 Å². The summed E-state index contributed by atoms with van der Waals surface area (Å²) in [6.07, 6.45) is 0. The number of amides is 1. The van der Waals surface area contributed by atoms with E-state index in [0.717, 1.165) is 5.56 Å². The van der Waals surface area contributed by atoms with Gasteiger partial charge >= 0.3 is 5.97 Å². The maximum atomic E-state index is 12.0. The van der Waals surface area contributed by atoms with Crippen LogP contribution in [0.3, 0.4) is 0 Å². The van der Waals surface area contributed by atoms with Gasteiger partial charge in [-0.1, -0.05) is 30.3 Å². The third kappa shape index (κ3) is 4.34. The van der Waals surface area contributed by atoms with E-state index in [-0.39, 0.29) is 12.5 Å². The summed E-state index contributed by atoms with van der Waals surface area (Å²) >= 11 is 0. The van der Waals surface area contributed by atoms with E-state index >= 15 is 0 Å². The summed E-state index contributed by atoms with van der Waals surface area (Å²) in [6, 6.07) is 15.1. The molecule has 1 unspecified atom stereocenters. The second-order valence-corrected chi connectivity index (χ2v) is 4.91. The van der Waals surface area contributed by atoms with E-state index in [1.165, 1.54) is 0 Å². The smallest absolute Gasteiger partial charge is 0.328 e. The molecule has 0 aliphatic carbocycles. The molecule has 0 bridgehead atoms. The van der Waals surface area contributed by atoms with Crippen molar-refractivity contribution in [3.63, 3.8) is 0 Å². The number of hydrogen-bond acceptors (Lipinski definition) is 4. The zero-order chi connectivity index (χ0) is 15.9. The summed E-state index contributed by atoms with van der Waals surface area (Å²) in [5.41, 5.74) is 7.48. The van der Waals surface area contributed by atoms with E-state index in [2.05, 4.69) is 5.32 Å². The lowest BCUT2D eigenvalue weighted by Gasteiger charge is -2.13. The van der Waals surface area contributed by atoms with Gasteiger partial charge in [-0.25, -0.2) is 4.79 Å². The zero-order valence-electron chi connectivity index (χ0n) is 12.3. The number of anilines is 1. The minimum atomic E-state index is -0.728. The van der Waals surface area contributed by atoms with E-state index in [4.69, 9.17) is 10.5 Å². The average Bonchev–Trinajstić information content (AvgIpc) is 2.54. The summed E-state index contributed by atoms with van der Waals surface area (Å²) in [7, 11) is 0. The highest BCUT2D eigenvalue weighted by Gasteiger charge is 2.17. The summed E-state index contributed by atoms with van der Waals surface area (Å²) in [5.74, 6) is -0.822. The largest absolute Gasteiger partial charge is 0.459 e. The van der Waals surface area contributed by atoms with Crippen LogP contribution in [0.4, 0.5) is 5.69 Å². The van der Waals surface area contributed by atoms with Gasteiger partial charge in [-0.05, 0) is 36.8 Å². The van der Waals surface area contributed by atoms with Crippen molar-refractivity contribution >= 4 is 17.6 Å². The van der Waals surface area contributed by atoms with Crippen LogP contribution in [0.1, 0.15) is 22.8 Å². The quantitative estimate of drug-likeness (QED) is 0.654. The molecule has 1 atom stereocenters. The van der Waals surface area contributed by atoms with Crippen LogP contribution in [-0.2, 0) is 16.1 Å². The number of benzene rings is 2. The van der Waals surface area contributed by atoms with E-state index in [1.807, 2.05) is 30.3 Å². The first-order valence-corrected chi connectivity index (χ1v) is 6.93. The highest BCUT2D eigenvalue weighted by atomic mass is 16.5. The first-order chi connectivity index (χ1) is 10.6. The van der Waals surface area contributed by atoms with Crippen molar-refractivity contribution in [2.45, 2.75) is 19.6 Å². The molecule has 5 nitrogen and oxygen atoms in total. The fourth-order valence-electron chi connectivity index (χ4n) is 1.83. The number of nitrogen functional groups attached to an aromatic ring is 1. The lowest BCUT2D eigenvalue weighted by molar-refractivity contribution is -0.146. The van der Waals surface area contributed by atoms with Crippen molar-refractivity contribution in [2.75, 3.05) is 5.73 Å². The Morgan fingerprint density at radius 3 is 2.36 bits per heavy atom. The predicted molar refractivity (Wildman–Crippen MR) is 84.0 cm³/mol. The maximum Gasteiger partial charge on any atom is 0.328 e. The molecule has 0 aliphatic rings. The van der Waals surface area contributed by atoms with Crippen molar-refractivity contribution in [2.24, 2.45) is 0 Å². The van der Waals surface area contributed by atoms with Gasteiger partial charge in [-0.3, -0.25) is 4.79 Å². The van der Waals surface area contributed by atoms with E-state index in [1.54, 1.807) is 31.2 Å². The normalized spacial score (nSPS) is 11.5. The van der Waals surface area contributed by atoms with Crippen LogP contribution >= 0.6 is 0 Å². The number of nitrogens with one attached hydrogen (secondary N) is 1. The fourth-order valence-corrected chi connectivity index (χ4v) is 1.83. The van der Waals surface area contributed by atoms with Crippen LogP contribution in [0.5, 0.6) is 0 Å². The van der Waals surface area contributed by atoms with Gasteiger partial charge in [0.1, 0.15) is 12.6 Å². The van der Waals surface area contributed by atoms with Crippen LogP contribution in [0.2, 0.25) is 0 Å². The SMILES string of the molecule is CC(NC(=O)c1ccc(N)cc1)C(=O)OCc1ccccc1. The minimum Gasteiger partial charge on any atom is -0.459 e. The number of nitrogens with two attached hydrogens (primary N) is 1. The zero-order valence-corrected chi connectivity index (χ0v) is 12.3. The molecule has 0 saturated carbocycles. The molecule has 5 heteroatoms. The number of hydrogen-bond donors (Lipinski definition) is 2. The third-order valence-electron chi connectivity index (χ3n) is 3.10. The monoisotopic (exact) mass is 298 g/mol. The summed E-state index contributed by atoms with van der Waals surface area (Å²) in [5, 5.41) is 2.60. The van der Waals surface area contributed by atoms with Crippen LogP contribution in [0.25, 0.3) is 0 Å². The Morgan fingerprint density at radius 2 is 1.73 bits per heavy atom. The molecule has 2 aromatic rings. The fraction of sp³-hybridized carbons (Fsp3) is 0.176. The highest BCUT2D eigenvalue weighted by molar-refractivity contribution is 5.96. The number of carbonyl (C=O) groups excluding carboxylic acids is 2. The molecular formula is C17H18N2O3. The summed E-state index contributed by atoms with van der Waals surface area (Å²) in [4.78, 5) is 23.9. The highest BCUT2D eigenvalue weighted by Crippen LogP contribution is 2.06. The molecular weight excluding hydrogens is 280 g/mol.